The van der Waals surface area contributed by atoms with Crippen molar-refractivity contribution in [2.75, 3.05) is 19.7 Å². The Hall–Kier alpha value is -0.540. The van der Waals surface area contributed by atoms with Gasteiger partial charge in [0.25, 0.3) is 0 Å². The van der Waals surface area contributed by atoms with E-state index in [-0.39, 0.29) is 0 Å². The van der Waals surface area contributed by atoms with Gasteiger partial charge in [-0.3, -0.25) is 0 Å². The zero-order valence-electron chi connectivity index (χ0n) is 10.6. The lowest BCUT2D eigenvalue weighted by Gasteiger charge is -2.23. The van der Waals surface area contributed by atoms with Gasteiger partial charge in [-0.15, -0.1) is 0 Å². The number of benzene rings is 1. The van der Waals surface area contributed by atoms with Gasteiger partial charge in [0.15, 0.2) is 0 Å². The zero-order valence-corrected chi connectivity index (χ0v) is 12.2. The fourth-order valence-corrected chi connectivity index (χ4v) is 3.05. The summed E-state index contributed by atoms with van der Waals surface area (Å²) in [6.45, 7) is 3.16. The quantitative estimate of drug-likeness (QED) is 0.915. The maximum Gasteiger partial charge on any atom is 0.120 e. The first-order valence-corrected chi connectivity index (χ1v) is 7.74. The molecule has 1 aromatic rings. The van der Waals surface area contributed by atoms with E-state index in [1.54, 1.807) is 0 Å². The van der Waals surface area contributed by atoms with Crippen LogP contribution in [0.5, 0.6) is 5.75 Å². The highest BCUT2D eigenvalue weighted by molar-refractivity contribution is 9.10. The summed E-state index contributed by atoms with van der Waals surface area (Å²) in [6, 6.07) is 6.58. The minimum Gasteiger partial charge on any atom is -0.493 e. The number of halogens is 1. The molecule has 0 atom stereocenters. The lowest BCUT2D eigenvalue weighted by Crippen LogP contribution is -2.26. The van der Waals surface area contributed by atoms with Crippen molar-refractivity contribution < 1.29 is 4.74 Å². The number of rotatable bonds is 4. The largest absolute Gasteiger partial charge is 0.493 e. The summed E-state index contributed by atoms with van der Waals surface area (Å²) in [4.78, 5) is 0. The molecule has 1 saturated carbocycles. The summed E-state index contributed by atoms with van der Waals surface area (Å²) in [5, 5.41) is 3.42. The van der Waals surface area contributed by atoms with Crippen LogP contribution in [0.25, 0.3) is 0 Å². The van der Waals surface area contributed by atoms with Crippen LogP contribution < -0.4 is 10.1 Å². The minimum atomic E-state index is 0.687. The van der Waals surface area contributed by atoms with E-state index in [0.29, 0.717) is 5.92 Å². The Balaban J connectivity index is 1.71. The van der Waals surface area contributed by atoms with Gasteiger partial charge in [-0.1, -0.05) is 15.9 Å². The van der Waals surface area contributed by atoms with Crippen LogP contribution in [-0.2, 0) is 0 Å². The molecule has 18 heavy (non-hydrogen) atoms. The van der Waals surface area contributed by atoms with Crippen LogP contribution in [0.15, 0.2) is 22.7 Å². The number of hydrogen-bond donors (Lipinski definition) is 1. The first-order valence-electron chi connectivity index (χ1n) is 6.95. The summed E-state index contributed by atoms with van der Waals surface area (Å²) in [5.74, 6) is 2.53. The molecule has 3 heteroatoms. The van der Waals surface area contributed by atoms with E-state index in [1.165, 1.54) is 31.2 Å². The molecule has 98 valence electrons. The zero-order chi connectivity index (χ0) is 12.4. The fraction of sp³-hybridized carbons (Fsp3) is 0.600. The Morgan fingerprint density at radius 1 is 1.11 bits per heavy atom. The Kier molecular flexibility index (Phi) is 3.90. The first-order chi connectivity index (χ1) is 8.81. The molecule has 0 amide bonds. The molecule has 2 nitrogen and oxygen atoms in total. The van der Waals surface area contributed by atoms with Gasteiger partial charge in [0.05, 0.1) is 6.61 Å². The molecule has 0 unspecified atom stereocenters. The van der Waals surface area contributed by atoms with Crippen LogP contribution in [0, 0.1) is 5.92 Å². The normalized spacial score (nSPS) is 20.9. The third kappa shape index (κ3) is 3.27. The van der Waals surface area contributed by atoms with Gasteiger partial charge in [-0.2, -0.15) is 0 Å². The van der Waals surface area contributed by atoms with Crippen molar-refractivity contribution in [3.63, 3.8) is 0 Å². The molecule has 3 rings (SSSR count). The second-order valence-electron chi connectivity index (χ2n) is 5.50. The Morgan fingerprint density at radius 2 is 1.89 bits per heavy atom. The monoisotopic (exact) mass is 309 g/mol. The highest BCUT2D eigenvalue weighted by Crippen LogP contribution is 2.33. The predicted molar refractivity (Wildman–Crippen MR) is 77.2 cm³/mol. The molecule has 1 saturated heterocycles. The molecular weight excluding hydrogens is 290 g/mol. The molecule has 2 aliphatic rings. The predicted octanol–water partition coefficient (Wildman–Crippen LogP) is 3.70. The molecule has 1 aliphatic heterocycles. The fourth-order valence-electron chi connectivity index (χ4n) is 2.56. The molecular formula is C15H20BrNO. The second-order valence-corrected chi connectivity index (χ2v) is 6.41. The molecule has 0 aromatic heterocycles. The van der Waals surface area contributed by atoms with Gasteiger partial charge in [-0.25, -0.2) is 0 Å². The molecule has 0 radical (unpaired) electrons. The van der Waals surface area contributed by atoms with E-state index in [0.717, 1.165) is 35.8 Å². The summed E-state index contributed by atoms with van der Waals surface area (Å²) in [6.07, 6.45) is 5.15. The molecule has 1 N–H and O–H groups in total. The van der Waals surface area contributed by atoms with Crippen LogP contribution in [-0.4, -0.2) is 19.7 Å². The number of nitrogens with one attached hydrogen (secondary N) is 1. The van der Waals surface area contributed by atoms with Crippen molar-refractivity contribution in [3.05, 3.63) is 28.2 Å². The Bertz CT molecular complexity index is 411. The topological polar surface area (TPSA) is 21.3 Å². The lowest BCUT2D eigenvalue weighted by atomic mass is 9.90. The van der Waals surface area contributed by atoms with Gasteiger partial charge in [0, 0.05) is 4.47 Å². The second kappa shape index (κ2) is 5.62. The summed E-state index contributed by atoms with van der Waals surface area (Å²) in [5.41, 5.74) is 1.43. The van der Waals surface area contributed by atoms with E-state index in [4.69, 9.17) is 4.74 Å². The van der Waals surface area contributed by atoms with E-state index in [1.807, 2.05) is 0 Å². The van der Waals surface area contributed by atoms with Crippen molar-refractivity contribution in [1.82, 2.24) is 5.32 Å². The van der Waals surface area contributed by atoms with Crippen molar-refractivity contribution >= 4 is 15.9 Å². The average Bonchev–Trinajstić information content (AvgIpc) is 3.21. The van der Waals surface area contributed by atoms with Crippen LogP contribution >= 0.6 is 15.9 Å². The van der Waals surface area contributed by atoms with Crippen molar-refractivity contribution in [1.29, 1.82) is 0 Å². The Morgan fingerprint density at radius 3 is 2.61 bits per heavy atom. The van der Waals surface area contributed by atoms with Crippen molar-refractivity contribution in [2.24, 2.45) is 5.92 Å². The van der Waals surface area contributed by atoms with Crippen LogP contribution in [0.2, 0.25) is 0 Å². The van der Waals surface area contributed by atoms with Gasteiger partial charge in [0.1, 0.15) is 5.75 Å². The van der Waals surface area contributed by atoms with Crippen LogP contribution in [0.3, 0.4) is 0 Å². The number of piperidine rings is 1. The van der Waals surface area contributed by atoms with E-state index >= 15 is 0 Å². The molecule has 2 fully saturated rings. The maximum absolute atomic E-state index is 5.90. The van der Waals surface area contributed by atoms with Gasteiger partial charge in [-0.05, 0) is 74.4 Å². The van der Waals surface area contributed by atoms with Crippen molar-refractivity contribution in [3.8, 4) is 5.75 Å². The molecule has 1 aromatic carbocycles. The summed E-state index contributed by atoms with van der Waals surface area (Å²) < 4.78 is 7.04. The average molecular weight is 310 g/mol. The van der Waals surface area contributed by atoms with E-state index < -0.39 is 0 Å². The van der Waals surface area contributed by atoms with E-state index in [9.17, 15) is 0 Å². The molecule has 1 heterocycles. The molecule has 1 aliphatic carbocycles. The highest BCUT2D eigenvalue weighted by Gasteiger charge is 2.22. The van der Waals surface area contributed by atoms with E-state index in [2.05, 4.69) is 39.4 Å². The van der Waals surface area contributed by atoms with Gasteiger partial charge >= 0.3 is 0 Å². The maximum atomic E-state index is 5.90. The number of ether oxygens (including phenoxy) is 1. The highest BCUT2D eigenvalue weighted by atomic mass is 79.9. The standard InChI is InChI=1S/C15H20BrNO/c16-14-7-13(12-3-5-17-6-4-12)8-15(9-14)18-10-11-1-2-11/h7-9,11-12,17H,1-6,10H2. The first kappa shape index (κ1) is 12.5. The summed E-state index contributed by atoms with van der Waals surface area (Å²) >= 11 is 3.61. The molecule has 0 spiro atoms. The third-order valence-electron chi connectivity index (χ3n) is 3.89. The van der Waals surface area contributed by atoms with Gasteiger partial charge < -0.3 is 10.1 Å². The van der Waals surface area contributed by atoms with Crippen LogP contribution in [0.4, 0.5) is 0 Å². The third-order valence-corrected chi connectivity index (χ3v) is 4.34. The van der Waals surface area contributed by atoms with Crippen LogP contribution in [0.1, 0.15) is 37.2 Å². The number of hydrogen-bond acceptors (Lipinski definition) is 2. The lowest BCUT2D eigenvalue weighted by molar-refractivity contribution is 0.299. The van der Waals surface area contributed by atoms with Gasteiger partial charge in [0.2, 0.25) is 0 Å². The smallest absolute Gasteiger partial charge is 0.120 e. The summed E-state index contributed by atoms with van der Waals surface area (Å²) in [7, 11) is 0. The Labute approximate surface area is 117 Å². The SMILES string of the molecule is Brc1cc(OCC2CC2)cc(C2CCNCC2)c1. The minimum absolute atomic E-state index is 0.687. The van der Waals surface area contributed by atoms with Crippen molar-refractivity contribution in [2.45, 2.75) is 31.6 Å². The molecule has 0 bridgehead atoms.